The summed E-state index contributed by atoms with van der Waals surface area (Å²) in [4.78, 5) is 36.6. The molecule has 4 unspecified atom stereocenters. The van der Waals surface area contributed by atoms with Crippen LogP contribution in [-0.2, 0) is 45.6 Å². The van der Waals surface area contributed by atoms with Gasteiger partial charge in [-0.15, -0.1) is 0 Å². The first-order valence-corrected chi connectivity index (χ1v) is 17.6. The van der Waals surface area contributed by atoms with Crippen LogP contribution in [0.5, 0.6) is 0 Å². The molecule has 0 aliphatic heterocycles. The molecular formula is C33H40N5O8P. The number of imidazole rings is 1. The average Bonchev–Trinajstić information content (AvgIpc) is 3.67. The smallest absolute Gasteiger partial charge is 0.396 e. The first-order chi connectivity index (χ1) is 22.7. The number of nitrogen functional groups attached to an aromatic ring is 1. The quantitative estimate of drug-likeness (QED) is 0.158. The van der Waals surface area contributed by atoms with E-state index in [4.69, 9.17) is 33.7 Å². The lowest BCUT2D eigenvalue weighted by atomic mass is 9.95. The molecule has 0 saturated heterocycles. The van der Waals surface area contributed by atoms with Gasteiger partial charge in [-0.05, 0) is 62.6 Å². The van der Waals surface area contributed by atoms with E-state index in [9.17, 15) is 14.2 Å². The van der Waals surface area contributed by atoms with Crippen molar-refractivity contribution in [2.24, 2.45) is 0 Å². The van der Waals surface area contributed by atoms with Gasteiger partial charge in [0.05, 0.1) is 12.2 Å². The third-order valence-corrected chi connectivity index (χ3v) is 10.4. The molecule has 47 heavy (non-hydrogen) atoms. The Morgan fingerprint density at radius 2 is 1.51 bits per heavy atom. The van der Waals surface area contributed by atoms with Crippen LogP contribution >= 0.6 is 7.60 Å². The van der Waals surface area contributed by atoms with Crippen molar-refractivity contribution in [3.8, 4) is 11.6 Å². The van der Waals surface area contributed by atoms with Crippen LogP contribution in [-0.4, -0.2) is 55.9 Å². The predicted molar refractivity (Wildman–Crippen MR) is 173 cm³/mol. The molecule has 2 aliphatic rings. The van der Waals surface area contributed by atoms with E-state index in [1.165, 1.54) is 20.2 Å². The fourth-order valence-corrected chi connectivity index (χ4v) is 8.33. The lowest BCUT2D eigenvalue weighted by Crippen LogP contribution is -2.32. The van der Waals surface area contributed by atoms with Crippen LogP contribution in [0.15, 0.2) is 53.2 Å². The Bertz CT molecular complexity index is 1720. The zero-order valence-electron chi connectivity index (χ0n) is 26.6. The Morgan fingerprint density at radius 1 is 0.894 bits per heavy atom. The van der Waals surface area contributed by atoms with Crippen molar-refractivity contribution in [2.75, 3.05) is 5.73 Å². The number of anilines is 1. The van der Waals surface area contributed by atoms with Crippen molar-refractivity contribution in [1.29, 1.82) is 0 Å². The highest BCUT2D eigenvalue weighted by Gasteiger charge is 2.41. The Labute approximate surface area is 272 Å². The second-order valence-electron chi connectivity index (χ2n) is 12.1. The minimum absolute atomic E-state index is 0.0254. The van der Waals surface area contributed by atoms with Crippen LogP contribution in [0.2, 0.25) is 0 Å². The molecule has 0 bridgehead atoms. The van der Waals surface area contributed by atoms with Crippen LogP contribution < -0.4 is 11.2 Å². The van der Waals surface area contributed by atoms with E-state index in [1.807, 2.05) is 34.9 Å². The number of carbonyl (C=O) groups is 2. The van der Waals surface area contributed by atoms with Gasteiger partial charge in [0.1, 0.15) is 18.5 Å². The van der Waals surface area contributed by atoms with Gasteiger partial charge in [-0.2, -0.15) is 0 Å². The maximum absolute atomic E-state index is 14.9. The first kappa shape index (κ1) is 32.9. The largest absolute Gasteiger partial charge is 0.462 e. The second kappa shape index (κ2) is 14.4. The minimum atomic E-state index is -4.09. The monoisotopic (exact) mass is 665 g/mol. The van der Waals surface area contributed by atoms with Crippen molar-refractivity contribution in [1.82, 2.24) is 19.5 Å². The maximum Gasteiger partial charge on any atom is 0.396 e. The summed E-state index contributed by atoms with van der Waals surface area (Å²) in [5.74, 6) is 0.273. The van der Waals surface area contributed by atoms with E-state index in [0.29, 0.717) is 74.2 Å². The standard InChI is InChI=1S/C33H40N5O8P/c1-21(39)42-24-10-6-12-26(18-24)45-47(41,46-27-13-7-11-25(19-27)43-22(2)40)29-15-14-28(44-29)32-37-30-31(34)35-20-36-33(30)38(32)17-16-23-8-4-3-5-9-23/h3-5,8-9,14-15,20,24-27H,6-7,10-13,16-19H2,1-2H3,(H2,34,35,36). The van der Waals surface area contributed by atoms with Gasteiger partial charge < -0.3 is 24.2 Å². The van der Waals surface area contributed by atoms with Gasteiger partial charge in [0, 0.05) is 33.2 Å². The number of carbonyl (C=O) groups excluding carboxylic acids is 2. The van der Waals surface area contributed by atoms with Crippen molar-refractivity contribution in [3.63, 3.8) is 0 Å². The molecule has 1 aromatic carbocycles. The summed E-state index contributed by atoms with van der Waals surface area (Å²) in [5, 5.41) is 0. The highest BCUT2D eigenvalue weighted by atomic mass is 31.2. The molecular weight excluding hydrogens is 625 g/mol. The molecule has 2 saturated carbocycles. The number of nitrogens with two attached hydrogens (primary N) is 1. The molecule has 3 heterocycles. The molecule has 2 N–H and O–H groups in total. The summed E-state index contributed by atoms with van der Waals surface area (Å²) < 4.78 is 46.6. The van der Waals surface area contributed by atoms with E-state index < -0.39 is 19.8 Å². The Balaban J connectivity index is 1.32. The normalized spacial score (nSPS) is 22.9. The molecule has 0 radical (unpaired) electrons. The molecule has 6 rings (SSSR count). The topological polar surface area (TPSA) is 171 Å². The lowest BCUT2D eigenvalue weighted by molar-refractivity contribution is -0.149. The number of nitrogens with zero attached hydrogens (tertiary/aromatic N) is 4. The van der Waals surface area contributed by atoms with E-state index in [-0.39, 0.29) is 35.5 Å². The van der Waals surface area contributed by atoms with Crippen molar-refractivity contribution >= 4 is 42.0 Å². The number of furan rings is 1. The zero-order chi connectivity index (χ0) is 33.0. The second-order valence-corrected chi connectivity index (χ2v) is 14.0. The van der Waals surface area contributed by atoms with Crippen LogP contribution in [0.3, 0.4) is 0 Å². The number of aromatic nitrogens is 4. The van der Waals surface area contributed by atoms with Crippen molar-refractivity contribution in [3.05, 3.63) is 54.4 Å². The molecule has 2 fully saturated rings. The Kier molecular flexibility index (Phi) is 10.0. The molecule has 13 nitrogen and oxygen atoms in total. The van der Waals surface area contributed by atoms with Gasteiger partial charge in [0.15, 0.2) is 28.6 Å². The van der Waals surface area contributed by atoms with Gasteiger partial charge in [0.2, 0.25) is 5.50 Å². The lowest BCUT2D eigenvalue weighted by Gasteiger charge is -2.34. The van der Waals surface area contributed by atoms with E-state index in [0.717, 1.165) is 18.4 Å². The number of aryl methyl sites for hydroxylation is 2. The minimum Gasteiger partial charge on any atom is -0.462 e. The Hall–Kier alpha value is -4.06. The van der Waals surface area contributed by atoms with E-state index >= 15 is 0 Å². The number of hydrogen-bond donors (Lipinski definition) is 1. The number of ether oxygens (including phenoxy) is 2. The van der Waals surface area contributed by atoms with E-state index in [2.05, 4.69) is 9.97 Å². The third kappa shape index (κ3) is 7.91. The fourth-order valence-electron chi connectivity index (χ4n) is 6.43. The average molecular weight is 666 g/mol. The van der Waals surface area contributed by atoms with Gasteiger partial charge in [0.25, 0.3) is 0 Å². The summed E-state index contributed by atoms with van der Waals surface area (Å²) in [6.45, 7) is 3.27. The summed E-state index contributed by atoms with van der Waals surface area (Å²) in [6.07, 6.45) is 5.29. The molecule has 14 heteroatoms. The highest BCUT2D eigenvalue weighted by molar-refractivity contribution is 7.61. The Morgan fingerprint density at radius 3 is 2.13 bits per heavy atom. The first-order valence-electron chi connectivity index (χ1n) is 16.1. The van der Waals surface area contributed by atoms with E-state index in [1.54, 1.807) is 12.1 Å². The van der Waals surface area contributed by atoms with Crippen molar-refractivity contribution < 1.29 is 37.1 Å². The number of hydrogen-bond acceptors (Lipinski definition) is 12. The summed E-state index contributed by atoms with van der Waals surface area (Å²) in [7, 11) is -4.09. The molecule has 4 atom stereocenters. The number of rotatable bonds is 11. The summed E-state index contributed by atoms with van der Waals surface area (Å²) in [5.41, 5.74) is 8.32. The fraction of sp³-hybridized carbons (Fsp3) is 0.485. The van der Waals surface area contributed by atoms with Crippen LogP contribution in [0.4, 0.5) is 5.82 Å². The highest BCUT2D eigenvalue weighted by Crippen LogP contribution is 2.53. The maximum atomic E-state index is 14.9. The summed E-state index contributed by atoms with van der Waals surface area (Å²) >= 11 is 0. The molecule has 0 spiro atoms. The molecule has 4 aromatic rings. The van der Waals surface area contributed by atoms with Gasteiger partial charge >= 0.3 is 19.5 Å². The van der Waals surface area contributed by atoms with Crippen LogP contribution in [0.25, 0.3) is 22.7 Å². The molecule has 0 amide bonds. The third-order valence-electron chi connectivity index (χ3n) is 8.51. The molecule has 250 valence electrons. The van der Waals surface area contributed by atoms with Crippen LogP contribution in [0, 0.1) is 0 Å². The number of benzene rings is 1. The van der Waals surface area contributed by atoms with Crippen LogP contribution in [0.1, 0.15) is 70.8 Å². The SMILES string of the molecule is CC(=O)OC1CCCC(OP(=O)(OC2CCCC(OC(C)=O)C2)c2ccc(-c3nc4c(N)ncnc4n3CCc3ccccc3)o2)C1. The zero-order valence-corrected chi connectivity index (χ0v) is 27.5. The van der Waals surface area contributed by atoms with Crippen molar-refractivity contribution in [2.45, 2.75) is 103 Å². The molecule has 2 aliphatic carbocycles. The molecule has 3 aromatic heterocycles. The summed E-state index contributed by atoms with van der Waals surface area (Å²) in [6, 6.07) is 13.3. The van der Waals surface area contributed by atoms with Gasteiger partial charge in [-0.25, -0.2) is 15.0 Å². The predicted octanol–water partition coefficient (Wildman–Crippen LogP) is 5.51. The number of fused-ring (bicyclic) bond motifs is 1. The van der Waals surface area contributed by atoms with Gasteiger partial charge in [-0.3, -0.25) is 23.2 Å². The van der Waals surface area contributed by atoms with Gasteiger partial charge in [-0.1, -0.05) is 30.3 Å². The number of esters is 2.